The van der Waals surface area contributed by atoms with Crippen molar-refractivity contribution in [1.29, 1.82) is 0 Å². The predicted molar refractivity (Wildman–Crippen MR) is 88.4 cm³/mol. The van der Waals surface area contributed by atoms with Gasteiger partial charge in [0.1, 0.15) is 11.8 Å². The average molecular weight is 353 g/mol. The highest BCUT2D eigenvalue weighted by atomic mass is 32.2. The number of phenols is 1. The second-order valence-corrected chi connectivity index (χ2v) is 6.52. The van der Waals surface area contributed by atoms with Gasteiger partial charge in [-0.3, -0.25) is 9.35 Å². The highest BCUT2D eigenvalue weighted by Crippen LogP contribution is 2.11. The average Bonchev–Trinajstić information content (AvgIpc) is 2.49. The molecule has 0 aliphatic rings. The number of nitrogens with two attached hydrogens (primary N) is 1. The maximum absolute atomic E-state index is 10.5. The molecule has 0 amide bonds. The van der Waals surface area contributed by atoms with Gasteiger partial charge in [0, 0.05) is 0 Å². The molecule has 0 aliphatic heterocycles. The number of phenolic OH excluding ortho intramolecular Hbond substituents is 1. The third-order valence-electron chi connectivity index (χ3n) is 3.03. The van der Waals surface area contributed by atoms with E-state index in [-0.39, 0.29) is 17.1 Å². The molecule has 130 valence electrons. The zero-order valence-corrected chi connectivity index (χ0v) is 13.8. The Bertz CT molecular complexity index is 769. The number of carboxylic acid groups (broad SMARTS) is 1. The highest BCUT2D eigenvalue weighted by Gasteiger charge is 2.11. The van der Waals surface area contributed by atoms with Crippen LogP contribution in [0.1, 0.15) is 11.1 Å². The van der Waals surface area contributed by atoms with Crippen LogP contribution in [0.3, 0.4) is 0 Å². The molecule has 0 spiro atoms. The molecule has 0 fully saturated rings. The van der Waals surface area contributed by atoms with Crippen LogP contribution in [0.5, 0.6) is 5.75 Å². The van der Waals surface area contributed by atoms with E-state index in [0.717, 1.165) is 11.1 Å². The van der Waals surface area contributed by atoms with Crippen LogP contribution in [-0.4, -0.2) is 35.2 Å². The first-order valence-corrected chi connectivity index (χ1v) is 8.34. The number of aromatic hydroxyl groups is 1. The summed E-state index contributed by atoms with van der Waals surface area (Å²) in [4.78, 5) is 10.3. The minimum Gasteiger partial charge on any atom is -0.508 e. The van der Waals surface area contributed by atoms with Gasteiger partial charge in [0.2, 0.25) is 0 Å². The summed E-state index contributed by atoms with van der Waals surface area (Å²) < 4.78 is 29.6. The van der Waals surface area contributed by atoms with Crippen molar-refractivity contribution in [2.24, 2.45) is 5.73 Å². The fourth-order valence-corrected chi connectivity index (χ4v) is 2.16. The Labute approximate surface area is 140 Å². The number of carboxylic acids is 1. The van der Waals surface area contributed by atoms with Crippen LogP contribution in [-0.2, 0) is 21.3 Å². The van der Waals surface area contributed by atoms with Crippen LogP contribution in [0, 0.1) is 6.92 Å². The SMILES string of the molecule is Cc1ccc(S(=O)(=O)O)cc1.N[C@@H](Cc1ccc(O)cc1)C(=O)O. The van der Waals surface area contributed by atoms with E-state index in [1.807, 2.05) is 6.92 Å². The number of hydrogen-bond acceptors (Lipinski definition) is 5. The first-order chi connectivity index (χ1) is 11.1. The van der Waals surface area contributed by atoms with Gasteiger partial charge in [-0.25, -0.2) is 0 Å². The zero-order valence-electron chi connectivity index (χ0n) is 13.0. The molecule has 0 unspecified atom stereocenters. The first-order valence-electron chi connectivity index (χ1n) is 6.90. The molecule has 24 heavy (non-hydrogen) atoms. The van der Waals surface area contributed by atoms with E-state index in [2.05, 4.69) is 0 Å². The van der Waals surface area contributed by atoms with Crippen LogP contribution >= 0.6 is 0 Å². The van der Waals surface area contributed by atoms with Gasteiger partial charge in [0.15, 0.2) is 0 Å². The Morgan fingerprint density at radius 2 is 1.58 bits per heavy atom. The van der Waals surface area contributed by atoms with Gasteiger partial charge >= 0.3 is 5.97 Å². The van der Waals surface area contributed by atoms with Gasteiger partial charge in [0.05, 0.1) is 4.90 Å². The van der Waals surface area contributed by atoms with Crippen molar-refractivity contribution in [3.63, 3.8) is 0 Å². The second kappa shape index (κ2) is 8.44. The Hall–Kier alpha value is -2.42. The van der Waals surface area contributed by atoms with Crippen LogP contribution in [0.2, 0.25) is 0 Å². The summed E-state index contributed by atoms with van der Waals surface area (Å²) in [5.74, 6) is -0.860. The lowest BCUT2D eigenvalue weighted by Crippen LogP contribution is -2.32. The van der Waals surface area contributed by atoms with Gasteiger partial charge in [-0.15, -0.1) is 0 Å². The Morgan fingerprint density at radius 1 is 1.08 bits per heavy atom. The monoisotopic (exact) mass is 353 g/mol. The fourth-order valence-electron chi connectivity index (χ4n) is 1.68. The Morgan fingerprint density at radius 3 is 2.00 bits per heavy atom. The molecule has 1 atom stereocenters. The van der Waals surface area contributed by atoms with Crippen LogP contribution in [0.15, 0.2) is 53.4 Å². The van der Waals surface area contributed by atoms with Crippen molar-refractivity contribution >= 4 is 16.1 Å². The molecular formula is C16H19NO6S. The number of carbonyl (C=O) groups is 1. The number of rotatable bonds is 4. The summed E-state index contributed by atoms with van der Waals surface area (Å²) in [5, 5.41) is 17.5. The predicted octanol–water partition coefficient (Wildman–Crippen LogP) is 1.59. The molecule has 2 aromatic rings. The topological polar surface area (TPSA) is 138 Å². The number of aryl methyl sites for hydroxylation is 1. The van der Waals surface area contributed by atoms with Gasteiger partial charge < -0.3 is 15.9 Å². The third-order valence-corrected chi connectivity index (χ3v) is 3.90. The molecule has 0 heterocycles. The van der Waals surface area contributed by atoms with Crippen molar-refractivity contribution in [2.45, 2.75) is 24.3 Å². The molecule has 0 aliphatic carbocycles. The molecule has 0 saturated carbocycles. The minimum absolute atomic E-state index is 0.0666. The van der Waals surface area contributed by atoms with Crippen molar-refractivity contribution in [1.82, 2.24) is 0 Å². The van der Waals surface area contributed by atoms with E-state index < -0.39 is 22.1 Å². The summed E-state index contributed by atoms with van der Waals surface area (Å²) in [6.07, 6.45) is 0.273. The van der Waals surface area contributed by atoms with Crippen molar-refractivity contribution in [3.8, 4) is 5.75 Å². The van der Waals surface area contributed by atoms with Gasteiger partial charge in [0.25, 0.3) is 10.1 Å². The second-order valence-electron chi connectivity index (χ2n) is 5.10. The molecular weight excluding hydrogens is 334 g/mol. The van der Waals surface area contributed by atoms with Crippen LogP contribution in [0.25, 0.3) is 0 Å². The van der Waals surface area contributed by atoms with Crippen molar-refractivity contribution < 1.29 is 28.0 Å². The lowest BCUT2D eigenvalue weighted by atomic mass is 10.1. The number of aliphatic carboxylic acids is 1. The van der Waals surface area contributed by atoms with Gasteiger partial charge in [-0.05, 0) is 43.2 Å². The number of benzene rings is 2. The van der Waals surface area contributed by atoms with E-state index >= 15 is 0 Å². The van der Waals surface area contributed by atoms with Gasteiger partial charge in [-0.1, -0.05) is 29.8 Å². The fraction of sp³-hybridized carbons (Fsp3) is 0.188. The molecule has 8 heteroatoms. The largest absolute Gasteiger partial charge is 0.508 e. The standard InChI is InChI=1S/C9H11NO3.C7H8O3S/c10-8(9(12)13)5-6-1-3-7(11)4-2-6;1-6-2-4-7(5-3-6)11(8,9)10/h1-4,8,11H,5,10H2,(H,12,13);2-5H,1H3,(H,8,9,10)/t8-;/m0./s1. The molecule has 7 nitrogen and oxygen atoms in total. The van der Waals surface area contributed by atoms with Crippen LogP contribution in [0.4, 0.5) is 0 Å². The molecule has 0 bridgehead atoms. The first kappa shape index (κ1) is 19.6. The molecule has 0 saturated heterocycles. The molecule has 0 radical (unpaired) electrons. The van der Waals surface area contributed by atoms with Crippen molar-refractivity contribution in [2.75, 3.05) is 0 Å². The summed E-state index contributed by atoms with van der Waals surface area (Å²) in [6, 6.07) is 11.4. The van der Waals surface area contributed by atoms with E-state index in [1.165, 1.54) is 24.3 Å². The zero-order chi connectivity index (χ0) is 18.3. The summed E-state index contributed by atoms with van der Waals surface area (Å²) in [7, 11) is -4.02. The number of hydrogen-bond donors (Lipinski definition) is 4. The van der Waals surface area contributed by atoms with E-state index in [9.17, 15) is 13.2 Å². The third kappa shape index (κ3) is 6.78. The maximum atomic E-state index is 10.5. The maximum Gasteiger partial charge on any atom is 0.320 e. The van der Waals surface area contributed by atoms with Gasteiger partial charge in [-0.2, -0.15) is 8.42 Å². The minimum atomic E-state index is -4.02. The van der Waals surface area contributed by atoms with Crippen molar-refractivity contribution in [3.05, 3.63) is 59.7 Å². The molecule has 2 aromatic carbocycles. The summed E-state index contributed by atoms with van der Waals surface area (Å²) >= 11 is 0. The van der Waals surface area contributed by atoms with Crippen LogP contribution < -0.4 is 5.73 Å². The quantitative estimate of drug-likeness (QED) is 0.612. The Balaban J connectivity index is 0.000000243. The summed E-state index contributed by atoms with van der Waals surface area (Å²) in [5.41, 5.74) is 7.08. The van der Waals surface area contributed by atoms with E-state index in [4.69, 9.17) is 20.5 Å². The highest BCUT2D eigenvalue weighted by molar-refractivity contribution is 7.85. The summed E-state index contributed by atoms with van der Waals surface area (Å²) in [6.45, 7) is 1.84. The van der Waals surface area contributed by atoms with E-state index in [0.29, 0.717) is 0 Å². The lowest BCUT2D eigenvalue weighted by molar-refractivity contribution is -0.138. The Kier molecular flexibility index (Phi) is 6.90. The molecule has 2 rings (SSSR count). The molecule has 0 aromatic heterocycles. The van der Waals surface area contributed by atoms with E-state index in [1.54, 1.807) is 24.3 Å². The smallest absolute Gasteiger partial charge is 0.320 e. The molecule has 5 N–H and O–H groups in total. The normalized spacial score (nSPS) is 12.0. The lowest BCUT2D eigenvalue weighted by Gasteiger charge is -2.05.